The molecule has 1 aromatic rings. The molecule has 0 atom stereocenters. The van der Waals surface area contributed by atoms with Crippen molar-refractivity contribution in [2.24, 2.45) is 0 Å². The molecular weight excluding hydrogens is 242 g/mol. The van der Waals surface area contributed by atoms with Crippen LogP contribution in [0.5, 0.6) is 0 Å². The highest BCUT2D eigenvalue weighted by molar-refractivity contribution is 9.10. The maximum Gasteiger partial charge on any atom is 0.0732 e. The zero-order valence-electron chi connectivity index (χ0n) is 8.00. The second-order valence-electron chi connectivity index (χ2n) is 3.68. The maximum atomic E-state index is 5.77. The molecule has 2 nitrogen and oxygen atoms in total. The fraction of sp³-hybridized carbons (Fsp3) is 0.455. The SMILES string of the molecule is Nc1cccc(COC2CCC2)c1Br. The molecule has 76 valence electrons. The molecule has 0 radical (unpaired) electrons. The fourth-order valence-electron chi connectivity index (χ4n) is 1.46. The van der Waals surface area contributed by atoms with E-state index in [2.05, 4.69) is 15.9 Å². The smallest absolute Gasteiger partial charge is 0.0732 e. The third kappa shape index (κ3) is 2.10. The third-order valence-electron chi connectivity index (χ3n) is 2.64. The molecule has 0 aromatic heterocycles. The summed E-state index contributed by atoms with van der Waals surface area (Å²) >= 11 is 3.47. The van der Waals surface area contributed by atoms with Crippen LogP contribution < -0.4 is 5.73 Å². The summed E-state index contributed by atoms with van der Waals surface area (Å²) in [4.78, 5) is 0. The lowest BCUT2D eigenvalue weighted by molar-refractivity contribution is -0.00887. The quantitative estimate of drug-likeness (QED) is 0.843. The molecule has 1 aliphatic rings. The predicted molar refractivity (Wildman–Crippen MR) is 61.0 cm³/mol. The molecule has 0 amide bonds. The van der Waals surface area contributed by atoms with Crippen LogP contribution in [0.1, 0.15) is 24.8 Å². The molecule has 1 saturated carbocycles. The minimum Gasteiger partial charge on any atom is -0.398 e. The average Bonchev–Trinajstić information content (AvgIpc) is 2.09. The van der Waals surface area contributed by atoms with Crippen molar-refractivity contribution in [1.29, 1.82) is 0 Å². The zero-order chi connectivity index (χ0) is 9.97. The minimum absolute atomic E-state index is 0.475. The van der Waals surface area contributed by atoms with E-state index in [1.165, 1.54) is 19.3 Å². The molecule has 0 heterocycles. The van der Waals surface area contributed by atoms with Gasteiger partial charge in [-0.15, -0.1) is 0 Å². The Kier molecular flexibility index (Phi) is 3.08. The van der Waals surface area contributed by atoms with E-state index in [9.17, 15) is 0 Å². The van der Waals surface area contributed by atoms with Gasteiger partial charge in [0.2, 0.25) is 0 Å². The summed E-state index contributed by atoms with van der Waals surface area (Å²) < 4.78 is 6.69. The Morgan fingerprint density at radius 1 is 1.43 bits per heavy atom. The van der Waals surface area contributed by atoms with Crippen molar-refractivity contribution in [2.45, 2.75) is 32.0 Å². The van der Waals surface area contributed by atoms with E-state index in [0.29, 0.717) is 12.7 Å². The summed E-state index contributed by atoms with van der Waals surface area (Å²) in [5, 5.41) is 0. The van der Waals surface area contributed by atoms with Crippen LogP contribution in [0.15, 0.2) is 22.7 Å². The van der Waals surface area contributed by atoms with Gasteiger partial charge in [0.1, 0.15) is 0 Å². The lowest BCUT2D eigenvalue weighted by Crippen LogP contribution is -2.21. The lowest BCUT2D eigenvalue weighted by Gasteiger charge is -2.25. The van der Waals surface area contributed by atoms with E-state index in [0.717, 1.165) is 15.7 Å². The normalized spacial score (nSPS) is 16.6. The highest BCUT2D eigenvalue weighted by Gasteiger charge is 2.18. The second kappa shape index (κ2) is 4.32. The van der Waals surface area contributed by atoms with Gasteiger partial charge in [-0.2, -0.15) is 0 Å². The minimum atomic E-state index is 0.475. The van der Waals surface area contributed by atoms with Crippen LogP contribution in [0.25, 0.3) is 0 Å². The van der Waals surface area contributed by atoms with Crippen LogP contribution in [0.3, 0.4) is 0 Å². The van der Waals surface area contributed by atoms with Crippen molar-refractivity contribution in [3.8, 4) is 0 Å². The Morgan fingerprint density at radius 2 is 2.21 bits per heavy atom. The van der Waals surface area contributed by atoms with Gasteiger partial charge in [-0.05, 0) is 46.8 Å². The number of benzene rings is 1. The summed E-state index contributed by atoms with van der Waals surface area (Å²) in [7, 11) is 0. The summed E-state index contributed by atoms with van der Waals surface area (Å²) in [6.07, 6.45) is 4.20. The highest BCUT2D eigenvalue weighted by Crippen LogP contribution is 2.27. The van der Waals surface area contributed by atoms with Gasteiger partial charge < -0.3 is 10.5 Å². The van der Waals surface area contributed by atoms with Gasteiger partial charge in [0.15, 0.2) is 0 Å². The Labute approximate surface area is 92.6 Å². The van der Waals surface area contributed by atoms with Crippen molar-refractivity contribution in [3.63, 3.8) is 0 Å². The third-order valence-corrected chi connectivity index (χ3v) is 3.60. The monoisotopic (exact) mass is 255 g/mol. The number of nitrogens with two attached hydrogens (primary N) is 1. The molecule has 3 heteroatoms. The highest BCUT2D eigenvalue weighted by atomic mass is 79.9. The number of anilines is 1. The first-order valence-corrected chi connectivity index (χ1v) is 5.71. The molecule has 2 rings (SSSR count). The molecule has 0 spiro atoms. The summed E-state index contributed by atoms with van der Waals surface area (Å²) in [5.74, 6) is 0. The van der Waals surface area contributed by atoms with Crippen molar-refractivity contribution in [2.75, 3.05) is 5.73 Å². The molecule has 14 heavy (non-hydrogen) atoms. The molecule has 1 fully saturated rings. The first-order chi connectivity index (χ1) is 6.77. The van der Waals surface area contributed by atoms with Crippen molar-refractivity contribution in [3.05, 3.63) is 28.2 Å². The van der Waals surface area contributed by atoms with Gasteiger partial charge in [-0.3, -0.25) is 0 Å². The molecule has 1 aromatic carbocycles. The van der Waals surface area contributed by atoms with Crippen molar-refractivity contribution in [1.82, 2.24) is 0 Å². The fourth-order valence-corrected chi connectivity index (χ4v) is 1.84. The van der Waals surface area contributed by atoms with Crippen LogP contribution in [0.4, 0.5) is 5.69 Å². The number of hydrogen-bond acceptors (Lipinski definition) is 2. The van der Waals surface area contributed by atoms with Crippen LogP contribution in [0, 0.1) is 0 Å². The Bertz CT molecular complexity index is 323. The second-order valence-corrected chi connectivity index (χ2v) is 4.48. The molecule has 0 unspecified atom stereocenters. The maximum absolute atomic E-state index is 5.77. The molecule has 0 saturated heterocycles. The topological polar surface area (TPSA) is 35.2 Å². The van der Waals surface area contributed by atoms with Gasteiger partial charge in [0.25, 0.3) is 0 Å². The number of hydrogen-bond donors (Lipinski definition) is 1. The summed E-state index contributed by atoms with van der Waals surface area (Å²) in [5.41, 5.74) is 7.68. The van der Waals surface area contributed by atoms with Crippen LogP contribution in [-0.4, -0.2) is 6.10 Å². The van der Waals surface area contributed by atoms with E-state index in [4.69, 9.17) is 10.5 Å². The number of ether oxygens (including phenoxy) is 1. The molecule has 0 bridgehead atoms. The Morgan fingerprint density at radius 3 is 2.86 bits per heavy atom. The van der Waals surface area contributed by atoms with Gasteiger partial charge in [0.05, 0.1) is 12.7 Å². The largest absolute Gasteiger partial charge is 0.398 e. The predicted octanol–water partition coefficient (Wildman–Crippen LogP) is 3.10. The van der Waals surface area contributed by atoms with Crippen molar-refractivity contribution < 1.29 is 4.74 Å². The number of halogens is 1. The van der Waals surface area contributed by atoms with Crippen LogP contribution in [0.2, 0.25) is 0 Å². The Balaban J connectivity index is 1.97. The van der Waals surface area contributed by atoms with E-state index in [-0.39, 0.29) is 0 Å². The van der Waals surface area contributed by atoms with Crippen LogP contribution in [-0.2, 0) is 11.3 Å². The molecule has 1 aliphatic carbocycles. The molecular formula is C11H14BrNO. The standard InChI is InChI=1S/C11H14BrNO/c12-11-8(3-1-6-10(11)13)7-14-9-4-2-5-9/h1,3,6,9H,2,4-5,7,13H2. The summed E-state index contributed by atoms with van der Waals surface area (Å²) in [6.45, 7) is 0.663. The average molecular weight is 256 g/mol. The van der Waals surface area contributed by atoms with E-state index in [1.54, 1.807) is 0 Å². The lowest BCUT2D eigenvalue weighted by atomic mass is 9.96. The zero-order valence-corrected chi connectivity index (χ0v) is 9.59. The summed E-state index contributed by atoms with van der Waals surface area (Å²) in [6, 6.07) is 5.88. The molecule has 2 N–H and O–H groups in total. The van der Waals surface area contributed by atoms with E-state index < -0.39 is 0 Å². The van der Waals surface area contributed by atoms with E-state index >= 15 is 0 Å². The van der Waals surface area contributed by atoms with Gasteiger partial charge >= 0.3 is 0 Å². The van der Waals surface area contributed by atoms with E-state index in [1.807, 2.05) is 18.2 Å². The first-order valence-electron chi connectivity index (χ1n) is 4.92. The first kappa shape index (κ1) is 9.99. The number of nitrogen functional groups attached to an aromatic ring is 1. The van der Waals surface area contributed by atoms with Gasteiger partial charge in [-0.1, -0.05) is 12.1 Å². The van der Waals surface area contributed by atoms with Crippen molar-refractivity contribution >= 4 is 21.6 Å². The van der Waals surface area contributed by atoms with Gasteiger partial charge in [0, 0.05) is 10.2 Å². The number of rotatable bonds is 3. The molecule has 0 aliphatic heterocycles. The van der Waals surface area contributed by atoms with Crippen LogP contribution >= 0.6 is 15.9 Å². The Hall–Kier alpha value is -0.540. The van der Waals surface area contributed by atoms with Gasteiger partial charge in [-0.25, -0.2) is 0 Å².